The molecule has 0 unspecified atom stereocenters. The molecule has 1 spiro atoms. The minimum atomic E-state index is -0.684. The van der Waals surface area contributed by atoms with Gasteiger partial charge in [0, 0.05) is 13.1 Å². The smallest absolute Gasteiger partial charge is 0.407 e. The Morgan fingerprint density at radius 3 is 1.36 bits per heavy atom. The Labute approximate surface area is 393 Å². The van der Waals surface area contributed by atoms with Gasteiger partial charge < -0.3 is 39.9 Å². The average Bonchev–Trinajstić information content (AvgIpc) is 4.21. The van der Waals surface area contributed by atoms with Gasteiger partial charge in [-0.1, -0.05) is 101 Å². The van der Waals surface area contributed by atoms with Gasteiger partial charge in [0.05, 0.1) is 50.1 Å². The molecule has 4 atom stereocenters. The van der Waals surface area contributed by atoms with Crippen molar-refractivity contribution in [2.45, 2.75) is 116 Å². The Morgan fingerprint density at radius 1 is 0.597 bits per heavy atom. The predicted octanol–water partition coefficient (Wildman–Crippen LogP) is 9.55. The van der Waals surface area contributed by atoms with Gasteiger partial charge in [-0.15, -0.1) is 0 Å². The molecule has 5 aromatic rings. The van der Waals surface area contributed by atoms with Crippen LogP contribution in [0.2, 0.25) is 0 Å². The summed E-state index contributed by atoms with van der Waals surface area (Å²) in [4.78, 5) is 71.8. The van der Waals surface area contributed by atoms with Gasteiger partial charge in [0.15, 0.2) is 0 Å². The summed E-state index contributed by atoms with van der Waals surface area (Å²) in [5.41, 5.74) is 12.1. The number of methoxy groups -OCH3 is 2. The van der Waals surface area contributed by atoms with Crippen LogP contribution in [0.15, 0.2) is 73.1 Å². The number of carbonyl (C=O) groups excluding carboxylic acids is 4. The van der Waals surface area contributed by atoms with Crippen LogP contribution < -0.4 is 10.6 Å². The molecule has 4 heterocycles. The lowest BCUT2D eigenvalue weighted by Gasteiger charge is -2.30. The molecule has 2 saturated heterocycles. The number of likely N-dealkylation sites (tertiary alicyclic amines) is 2. The van der Waals surface area contributed by atoms with Crippen LogP contribution in [0.4, 0.5) is 9.59 Å². The number of ether oxygens (including phenoxy) is 2. The van der Waals surface area contributed by atoms with E-state index in [2.05, 4.69) is 81.3 Å². The number of amides is 4. The van der Waals surface area contributed by atoms with Crippen LogP contribution in [0.5, 0.6) is 0 Å². The van der Waals surface area contributed by atoms with Crippen molar-refractivity contribution >= 4 is 24.0 Å². The van der Waals surface area contributed by atoms with Crippen LogP contribution >= 0.6 is 0 Å². The number of rotatable bonds is 12. The Bertz CT molecular complexity index is 2440. The molecule has 352 valence electrons. The molecular weight excluding hydrogens is 845 g/mol. The number of hydrogen-bond acceptors (Lipinski definition) is 8. The maximum absolute atomic E-state index is 13.7. The molecular formula is C53H64N8O6. The fourth-order valence-corrected chi connectivity index (χ4v) is 11.3. The van der Waals surface area contributed by atoms with Gasteiger partial charge in [0.25, 0.3) is 0 Å². The number of aromatic nitrogens is 4. The monoisotopic (exact) mass is 908 g/mol. The summed E-state index contributed by atoms with van der Waals surface area (Å²) >= 11 is 0. The molecule has 2 aromatic heterocycles. The van der Waals surface area contributed by atoms with Crippen molar-refractivity contribution in [1.29, 1.82) is 0 Å². The molecule has 4 aliphatic rings. The van der Waals surface area contributed by atoms with Crippen molar-refractivity contribution < 1.29 is 28.7 Å². The van der Waals surface area contributed by atoms with E-state index in [1.807, 2.05) is 49.9 Å². The van der Waals surface area contributed by atoms with E-state index in [4.69, 9.17) is 19.4 Å². The number of nitrogens with one attached hydrogen (secondary N) is 4. The Kier molecular flexibility index (Phi) is 13.0. The van der Waals surface area contributed by atoms with Crippen molar-refractivity contribution in [3.05, 3.63) is 95.8 Å². The molecule has 67 heavy (non-hydrogen) atoms. The minimum Gasteiger partial charge on any atom is -0.453 e. The zero-order valence-corrected chi connectivity index (χ0v) is 39.6. The summed E-state index contributed by atoms with van der Waals surface area (Å²) in [6.07, 6.45) is 13.1. The summed E-state index contributed by atoms with van der Waals surface area (Å²) in [7, 11) is 2.61. The average molecular weight is 909 g/mol. The van der Waals surface area contributed by atoms with E-state index in [-0.39, 0.29) is 35.7 Å². The Morgan fingerprint density at radius 2 is 0.985 bits per heavy atom. The number of aromatic amines is 2. The van der Waals surface area contributed by atoms with Crippen LogP contribution in [-0.2, 0) is 31.9 Å². The maximum atomic E-state index is 13.7. The number of H-pyrrole nitrogens is 2. The van der Waals surface area contributed by atoms with Gasteiger partial charge in [0.2, 0.25) is 11.8 Å². The fraction of sp³-hybridized carbons (Fsp3) is 0.472. The number of alkyl carbamates (subject to hydrolysis) is 2. The van der Waals surface area contributed by atoms with Gasteiger partial charge >= 0.3 is 12.2 Å². The highest BCUT2D eigenvalue weighted by Crippen LogP contribution is 2.53. The quantitative estimate of drug-likeness (QED) is 0.0958. The van der Waals surface area contributed by atoms with E-state index in [9.17, 15) is 19.2 Å². The van der Waals surface area contributed by atoms with E-state index in [0.717, 1.165) is 72.7 Å². The van der Waals surface area contributed by atoms with Crippen molar-refractivity contribution in [3.8, 4) is 44.8 Å². The molecule has 0 bridgehead atoms. The normalized spacial score (nSPS) is 19.5. The van der Waals surface area contributed by atoms with Crippen molar-refractivity contribution in [3.63, 3.8) is 0 Å². The zero-order valence-electron chi connectivity index (χ0n) is 39.6. The first kappa shape index (κ1) is 45.7. The second kappa shape index (κ2) is 19.0. The number of imidazole rings is 2. The third-order valence-electron chi connectivity index (χ3n) is 14.9. The first-order valence-electron chi connectivity index (χ1n) is 24.1. The maximum Gasteiger partial charge on any atom is 0.407 e. The number of nitrogens with zero attached hydrogens (tertiary/aromatic N) is 4. The first-order valence-corrected chi connectivity index (χ1v) is 24.1. The number of fused-ring (bicyclic) bond motifs is 1. The third-order valence-corrected chi connectivity index (χ3v) is 14.9. The minimum absolute atomic E-state index is 0.102. The highest BCUT2D eigenvalue weighted by Gasteiger charge is 2.42. The number of hydrogen-bond donors (Lipinski definition) is 4. The topological polar surface area (TPSA) is 175 Å². The van der Waals surface area contributed by atoms with Crippen molar-refractivity contribution in [2.75, 3.05) is 27.3 Å². The van der Waals surface area contributed by atoms with E-state index < -0.39 is 24.3 Å². The summed E-state index contributed by atoms with van der Waals surface area (Å²) in [5.74, 6) is 1.05. The van der Waals surface area contributed by atoms with Gasteiger partial charge in [-0.25, -0.2) is 19.6 Å². The van der Waals surface area contributed by atoms with Gasteiger partial charge in [-0.2, -0.15) is 0 Å². The Balaban J connectivity index is 0.926. The summed E-state index contributed by atoms with van der Waals surface area (Å²) in [6, 6.07) is 20.4. The fourth-order valence-electron chi connectivity index (χ4n) is 11.3. The van der Waals surface area contributed by atoms with Crippen LogP contribution in [0.3, 0.4) is 0 Å². The Hall–Kier alpha value is -6.44. The SMILES string of the molecule is COC(=O)N[C@H](C(=O)N1CCC[C@H]1c1ncc(-c2ccc(-c3ccc(-c4ccc(-c5cnc([C@@H]6CCCN6C(=O)[C@@H](NC(=O)OC)C(C)C)[nH]5)cc4)c4c3CC3(CCCC3)C4)cc2)[nH]1)C(C)C. The van der Waals surface area contributed by atoms with E-state index in [1.54, 1.807) is 0 Å². The van der Waals surface area contributed by atoms with Gasteiger partial charge in [-0.05, 0) is 113 Å². The molecule has 9 rings (SSSR count). The lowest BCUT2D eigenvalue weighted by molar-refractivity contribution is -0.136. The lowest BCUT2D eigenvalue weighted by atomic mass is 9.82. The second-order valence-electron chi connectivity index (χ2n) is 19.8. The number of benzene rings is 3. The molecule has 3 aromatic carbocycles. The molecule has 0 radical (unpaired) electrons. The highest BCUT2D eigenvalue weighted by atomic mass is 16.5. The summed E-state index contributed by atoms with van der Waals surface area (Å²) < 4.78 is 9.61. The van der Waals surface area contributed by atoms with E-state index >= 15 is 0 Å². The molecule has 2 aliphatic carbocycles. The molecule has 2 aliphatic heterocycles. The molecule has 3 fully saturated rings. The van der Waals surface area contributed by atoms with Crippen LogP contribution in [-0.4, -0.2) is 93.1 Å². The van der Waals surface area contributed by atoms with Crippen molar-refractivity contribution in [2.24, 2.45) is 17.3 Å². The molecule has 14 nitrogen and oxygen atoms in total. The highest BCUT2D eigenvalue weighted by molar-refractivity contribution is 5.87. The van der Waals surface area contributed by atoms with Crippen LogP contribution in [0.25, 0.3) is 44.8 Å². The predicted molar refractivity (Wildman–Crippen MR) is 256 cm³/mol. The van der Waals surface area contributed by atoms with Gasteiger partial charge in [0.1, 0.15) is 23.7 Å². The molecule has 4 amide bonds. The second-order valence-corrected chi connectivity index (χ2v) is 19.8. The first-order chi connectivity index (χ1) is 32.4. The van der Waals surface area contributed by atoms with Gasteiger partial charge in [-0.3, -0.25) is 9.59 Å². The third kappa shape index (κ3) is 9.06. The van der Waals surface area contributed by atoms with Crippen LogP contribution in [0, 0.1) is 17.3 Å². The van der Waals surface area contributed by atoms with Crippen LogP contribution in [0.1, 0.15) is 114 Å². The molecule has 14 heteroatoms. The molecule has 1 saturated carbocycles. The summed E-state index contributed by atoms with van der Waals surface area (Å²) in [6.45, 7) is 8.88. The largest absolute Gasteiger partial charge is 0.453 e. The lowest BCUT2D eigenvalue weighted by Crippen LogP contribution is -2.51. The van der Waals surface area contributed by atoms with E-state index in [0.29, 0.717) is 18.5 Å². The standard InChI is InChI=1S/C53H64N8O6/c1-31(2)45(58-51(64)66-5)49(62)60-25-9-11-43(60)47-54-29-41(56-47)35-17-13-33(14-18-35)37-21-22-38(40-28-53(27-39(37)40)23-7-8-24-53)34-15-19-36(20-16-34)42-30-55-48(57-42)44-12-10-26-61(44)50(63)46(32(3)4)59-52(65)67-6/h13-22,29-32,43-46H,7-12,23-28H2,1-6H3,(H,54,56)(H,55,57)(H,58,64)(H,59,65)/t43-,44-,45-,46-/m0/s1. The molecule has 4 N–H and O–H groups in total. The van der Waals surface area contributed by atoms with E-state index in [1.165, 1.54) is 73.3 Å². The number of carbonyl (C=O) groups is 4. The summed E-state index contributed by atoms with van der Waals surface area (Å²) in [5, 5.41) is 5.46. The zero-order chi connectivity index (χ0) is 47.0. The van der Waals surface area contributed by atoms with Crippen molar-refractivity contribution in [1.82, 2.24) is 40.4 Å².